The summed E-state index contributed by atoms with van der Waals surface area (Å²) in [5, 5.41) is 0. The lowest BCUT2D eigenvalue weighted by atomic mass is 9.49. The molecule has 0 saturated heterocycles. The van der Waals surface area contributed by atoms with Crippen molar-refractivity contribution in [2.75, 3.05) is 0 Å². The van der Waals surface area contributed by atoms with E-state index in [4.69, 9.17) is 5.73 Å². The molecule has 21 heavy (non-hydrogen) atoms. The van der Waals surface area contributed by atoms with Gasteiger partial charge in [-0.25, -0.2) is 13.1 Å². The number of benzene rings is 1. The Labute approximate surface area is 135 Å². The first-order chi connectivity index (χ1) is 9.40. The average Bonchev–Trinajstić information content (AvgIpc) is 2.38. The summed E-state index contributed by atoms with van der Waals surface area (Å²) in [6, 6.07) is 4.81. The standard InChI is InChI=1S/C15H23BrN2O2S/c1-9-8-10(6-7-11(9)16)21(19,20)18-13-14(2,3)12(17)15(13,4)5/h6-8,12-13,18H,17H2,1-5H3. The van der Waals surface area contributed by atoms with Gasteiger partial charge in [0.2, 0.25) is 10.0 Å². The average molecular weight is 375 g/mol. The predicted molar refractivity (Wildman–Crippen MR) is 88.5 cm³/mol. The molecule has 0 heterocycles. The van der Waals surface area contributed by atoms with E-state index < -0.39 is 10.0 Å². The van der Waals surface area contributed by atoms with Gasteiger partial charge in [-0.3, -0.25) is 0 Å². The van der Waals surface area contributed by atoms with Crippen LogP contribution in [0, 0.1) is 17.8 Å². The van der Waals surface area contributed by atoms with Gasteiger partial charge in [-0.15, -0.1) is 0 Å². The Morgan fingerprint density at radius 1 is 1.19 bits per heavy atom. The SMILES string of the molecule is Cc1cc(S(=O)(=O)NC2C(C)(C)C(N)C2(C)C)ccc1Br. The topological polar surface area (TPSA) is 72.2 Å². The third-order valence-corrected chi connectivity index (χ3v) is 7.11. The van der Waals surface area contributed by atoms with Crippen LogP contribution < -0.4 is 10.5 Å². The molecule has 1 aliphatic rings. The van der Waals surface area contributed by atoms with Crippen LogP contribution in [0.3, 0.4) is 0 Å². The minimum Gasteiger partial charge on any atom is -0.327 e. The fourth-order valence-electron chi connectivity index (χ4n) is 3.49. The van der Waals surface area contributed by atoms with Gasteiger partial charge in [-0.1, -0.05) is 43.6 Å². The van der Waals surface area contributed by atoms with Crippen LogP contribution >= 0.6 is 15.9 Å². The van der Waals surface area contributed by atoms with Crippen LogP contribution in [0.1, 0.15) is 33.3 Å². The smallest absolute Gasteiger partial charge is 0.240 e. The number of nitrogens with two attached hydrogens (primary N) is 1. The lowest BCUT2D eigenvalue weighted by Gasteiger charge is -2.62. The predicted octanol–water partition coefficient (Wildman–Crippen LogP) is 2.80. The Balaban J connectivity index is 2.32. The summed E-state index contributed by atoms with van der Waals surface area (Å²) in [6.07, 6.45) is 0. The van der Waals surface area contributed by atoms with Crippen LogP contribution in [0.2, 0.25) is 0 Å². The summed E-state index contributed by atoms with van der Waals surface area (Å²) in [5.74, 6) is 0. The Bertz CT molecular complexity index is 652. The minimum atomic E-state index is -3.55. The largest absolute Gasteiger partial charge is 0.327 e. The second-order valence-corrected chi connectivity index (χ2v) is 9.65. The van der Waals surface area contributed by atoms with Crippen molar-refractivity contribution in [1.82, 2.24) is 4.72 Å². The van der Waals surface area contributed by atoms with Gasteiger partial charge in [0.25, 0.3) is 0 Å². The third-order valence-electron chi connectivity index (χ3n) is 4.80. The number of nitrogens with one attached hydrogen (secondary N) is 1. The van der Waals surface area contributed by atoms with E-state index in [-0.39, 0.29) is 27.8 Å². The molecule has 4 nitrogen and oxygen atoms in total. The maximum atomic E-state index is 12.6. The summed E-state index contributed by atoms with van der Waals surface area (Å²) in [7, 11) is -3.55. The van der Waals surface area contributed by atoms with Crippen LogP contribution in [0.25, 0.3) is 0 Å². The highest BCUT2D eigenvalue weighted by Crippen LogP contribution is 2.52. The molecule has 6 heteroatoms. The number of halogens is 1. The van der Waals surface area contributed by atoms with E-state index >= 15 is 0 Å². The molecule has 0 bridgehead atoms. The molecule has 2 rings (SSSR count). The molecule has 0 unspecified atom stereocenters. The zero-order chi connectivity index (χ0) is 16.2. The Hall–Kier alpha value is -0.430. The summed E-state index contributed by atoms with van der Waals surface area (Å²) in [5.41, 5.74) is 6.55. The molecule has 0 radical (unpaired) electrons. The van der Waals surface area contributed by atoms with E-state index in [1.165, 1.54) is 0 Å². The third kappa shape index (κ3) is 2.67. The fourth-order valence-corrected chi connectivity index (χ4v) is 5.37. The van der Waals surface area contributed by atoms with Crippen LogP contribution in [0.15, 0.2) is 27.6 Å². The van der Waals surface area contributed by atoms with E-state index in [1.54, 1.807) is 18.2 Å². The van der Waals surface area contributed by atoms with Gasteiger partial charge in [0.05, 0.1) is 4.90 Å². The minimum absolute atomic E-state index is 0.0376. The van der Waals surface area contributed by atoms with Gasteiger partial charge < -0.3 is 5.73 Å². The van der Waals surface area contributed by atoms with Gasteiger partial charge >= 0.3 is 0 Å². The van der Waals surface area contributed by atoms with Crippen molar-refractivity contribution >= 4 is 26.0 Å². The van der Waals surface area contributed by atoms with Gasteiger partial charge in [0.15, 0.2) is 0 Å². The number of rotatable bonds is 3. The van der Waals surface area contributed by atoms with Crippen LogP contribution in [0.4, 0.5) is 0 Å². The summed E-state index contributed by atoms with van der Waals surface area (Å²) >= 11 is 3.38. The molecule has 1 saturated carbocycles. The zero-order valence-electron chi connectivity index (χ0n) is 13.1. The molecular formula is C15H23BrN2O2S. The second-order valence-electron chi connectivity index (χ2n) is 7.09. The summed E-state index contributed by atoms with van der Waals surface area (Å²) < 4.78 is 29.0. The number of hydrogen-bond donors (Lipinski definition) is 2. The monoisotopic (exact) mass is 374 g/mol. The lowest BCUT2D eigenvalue weighted by Crippen LogP contribution is -2.75. The van der Waals surface area contributed by atoms with Crippen molar-refractivity contribution in [2.45, 2.75) is 51.6 Å². The van der Waals surface area contributed by atoms with Gasteiger partial charge in [0, 0.05) is 16.6 Å². The Morgan fingerprint density at radius 3 is 2.19 bits per heavy atom. The van der Waals surface area contributed by atoms with E-state index in [2.05, 4.69) is 20.7 Å². The zero-order valence-corrected chi connectivity index (χ0v) is 15.5. The van der Waals surface area contributed by atoms with Crippen molar-refractivity contribution in [1.29, 1.82) is 0 Å². The first-order valence-electron chi connectivity index (χ1n) is 6.95. The van der Waals surface area contributed by atoms with Crippen LogP contribution in [-0.2, 0) is 10.0 Å². The molecule has 3 N–H and O–H groups in total. The normalized spacial score (nSPS) is 27.2. The number of sulfonamides is 1. The van der Waals surface area contributed by atoms with Crippen LogP contribution in [0.5, 0.6) is 0 Å². The second kappa shape index (κ2) is 5.05. The Kier molecular flexibility index (Phi) is 4.07. The maximum Gasteiger partial charge on any atom is 0.240 e. The van der Waals surface area contributed by atoms with Gasteiger partial charge in [-0.05, 0) is 41.5 Å². The lowest BCUT2D eigenvalue weighted by molar-refractivity contribution is -0.0593. The van der Waals surface area contributed by atoms with Crippen LogP contribution in [-0.4, -0.2) is 20.5 Å². The molecule has 0 aliphatic heterocycles. The van der Waals surface area contributed by atoms with Crippen molar-refractivity contribution in [3.05, 3.63) is 28.2 Å². The molecule has 1 aliphatic carbocycles. The van der Waals surface area contributed by atoms with Crippen molar-refractivity contribution < 1.29 is 8.42 Å². The van der Waals surface area contributed by atoms with E-state index in [0.717, 1.165) is 10.0 Å². The number of aryl methyl sites for hydroxylation is 1. The van der Waals surface area contributed by atoms with Crippen molar-refractivity contribution in [3.63, 3.8) is 0 Å². The molecule has 0 atom stereocenters. The molecule has 0 spiro atoms. The molecule has 1 fully saturated rings. The molecule has 0 amide bonds. The Morgan fingerprint density at radius 2 is 1.71 bits per heavy atom. The fraction of sp³-hybridized carbons (Fsp3) is 0.600. The number of hydrogen-bond acceptors (Lipinski definition) is 3. The highest BCUT2D eigenvalue weighted by atomic mass is 79.9. The van der Waals surface area contributed by atoms with Crippen molar-refractivity contribution in [3.8, 4) is 0 Å². The quantitative estimate of drug-likeness (QED) is 0.853. The summed E-state index contributed by atoms with van der Waals surface area (Å²) in [6.45, 7) is 9.88. The van der Waals surface area contributed by atoms with Crippen molar-refractivity contribution in [2.24, 2.45) is 16.6 Å². The molecule has 118 valence electrons. The first kappa shape index (κ1) is 16.9. The maximum absolute atomic E-state index is 12.6. The molecule has 1 aromatic carbocycles. The van der Waals surface area contributed by atoms with E-state index in [9.17, 15) is 8.42 Å². The molecular weight excluding hydrogens is 352 g/mol. The van der Waals surface area contributed by atoms with Gasteiger partial charge in [-0.2, -0.15) is 0 Å². The highest BCUT2D eigenvalue weighted by Gasteiger charge is 2.61. The summed E-state index contributed by atoms with van der Waals surface area (Å²) in [4.78, 5) is 0.287. The first-order valence-corrected chi connectivity index (χ1v) is 9.22. The van der Waals surface area contributed by atoms with E-state index in [1.807, 2.05) is 34.6 Å². The highest BCUT2D eigenvalue weighted by molar-refractivity contribution is 9.10. The van der Waals surface area contributed by atoms with E-state index in [0.29, 0.717) is 0 Å². The van der Waals surface area contributed by atoms with Gasteiger partial charge in [0.1, 0.15) is 0 Å². The molecule has 0 aromatic heterocycles. The molecule has 1 aromatic rings.